The molecule has 0 radical (unpaired) electrons. The number of carbonyl (C=O) groups excluding carboxylic acids is 2. The molecule has 1 N–H and O–H groups in total. The van der Waals surface area contributed by atoms with Gasteiger partial charge < -0.3 is 15.0 Å². The van der Waals surface area contributed by atoms with Crippen LogP contribution in [0, 0.1) is 11.8 Å². The number of nitrogens with zero attached hydrogens (tertiary/aromatic N) is 1. The molecule has 0 saturated heterocycles. The lowest BCUT2D eigenvalue weighted by Crippen LogP contribution is -2.38. The summed E-state index contributed by atoms with van der Waals surface area (Å²) in [4.78, 5) is 26.9. The summed E-state index contributed by atoms with van der Waals surface area (Å²) in [6, 6.07) is 3.98. The predicted molar refractivity (Wildman–Crippen MR) is 101 cm³/mol. The summed E-state index contributed by atoms with van der Waals surface area (Å²) in [7, 11) is 0. The molecule has 0 aliphatic heterocycles. The van der Waals surface area contributed by atoms with Gasteiger partial charge in [0.1, 0.15) is 0 Å². The number of thiophene rings is 1. The van der Waals surface area contributed by atoms with Crippen molar-refractivity contribution < 1.29 is 15.8 Å². The van der Waals surface area contributed by atoms with Crippen molar-refractivity contribution in [1.82, 2.24) is 10.2 Å². The van der Waals surface area contributed by atoms with Gasteiger partial charge in [-0.2, -0.15) is 0 Å². The largest absolute Gasteiger partial charge is 0.433 e. The summed E-state index contributed by atoms with van der Waals surface area (Å²) in [5.41, 5.74) is 0. The van der Waals surface area contributed by atoms with E-state index in [1.807, 2.05) is 24.4 Å². The Balaban J connectivity index is 0.00000338. The Morgan fingerprint density at radius 3 is 3.08 bits per heavy atom. The molecule has 6 heteroatoms. The Hall–Kier alpha value is -2.00. The van der Waals surface area contributed by atoms with Gasteiger partial charge in [-0.25, -0.2) is 4.79 Å². The number of rotatable bonds is 7. The van der Waals surface area contributed by atoms with Crippen LogP contribution < -0.4 is 5.32 Å². The monoisotopic (exact) mass is 364 g/mol. The van der Waals surface area contributed by atoms with Crippen LogP contribution >= 0.6 is 11.3 Å². The molecule has 5 nitrogen and oxygen atoms in total. The molecule has 1 atom stereocenters. The molecular formula is C19H28N2O3S. The van der Waals surface area contributed by atoms with Crippen molar-refractivity contribution >= 4 is 23.3 Å². The molecule has 1 aromatic rings. The topological polar surface area (TPSA) is 58.6 Å². The molecule has 1 unspecified atom stereocenters. The van der Waals surface area contributed by atoms with Gasteiger partial charge >= 0.3 is 6.09 Å². The van der Waals surface area contributed by atoms with Gasteiger partial charge in [-0.15, -0.1) is 11.3 Å². The highest BCUT2D eigenvalue weighted by atomic mass is 32.1. The fourth-order valence-corrected chi connectivity index (χ4v) is 3.36. The Labute approximate surface area is 155 Å². The van der Waals surface area contributed by atoms with Gasteiger partial charge in [0, 0.05) is 32.2 Å². The minimum Gasteiger partial charge on any atom is -0.433 e. The van der Waals surface area contributed by atoms with Gasteiger partial charge in [0.2, 0.25) is 5.91 Å². The van der Waals surface area contributed by atoms with Gasteiger partial charge in [-0.05, 0) is 30.7 Å². The van der Waals surface area contributed by atoms with Crippen molar-refractivity contribution in [3.8, 4) is 11.8 Å². The summed E-state index contributed by atoms with van der Waals surface area (Å²) >= 11 is 1.62. The zero-order valence-electron chi connectivity index (χ0n) is 14.8. The Morgan fingerprint density at radius 1 is 1.44 bits per heavy atom. The van der Waals surface area contributed by atoms with E-state index in [0.29, 0.717) is 26.1 Å². The van der Waals surface area contributed by atoms with Crippen LogP contribution in [0.15, 0.2) is 17.5 Å². The molecule has 138 valence electrons. The lowest BCUT2D eigenvalue weighted by atomic mass is 10.1. The Morgan fingerprint density at radius 2 is 2.32 bits per heavy atom. The van der Waals surface area contributed by atoms with Gasteiger partial charge in [-0.1, -0.05) is 31.3 Å². The van der Waals surface area contributed by atoms with Crippen LogP contribution in [0.3, 0.4) is 0 Å². The van der Waals surface area contributed by atoms with Crippen LogP contribution in [0.1, 0.15) is 51.8 Å². The molecule has 1 aliphatic carbocycles. The van der Waals surface area contributed by atoms with Crippen LogP contribution in [-0.2, 0) is 16.1 Å². The second-order valence-electron chi connectivity index (χ2n) is 5.99. The number of alkyl carbamates (subject to hydrolysis) is 1. The van der Waals surface area contributed by atoms with Gasteiger partial charge in [0.15, 0.2) is 6.10 Å². The van der Waals surface area contributed by atoms with E-state index in [1.165, 1.54) is 0 Å². The van der Waals surface area contributed by atoms with E-state index in [-0.39, 0.29) is 13.4 Å². The lowest BCUT2D eigenvalue weighted by molar-refractivity contribution is -0.131. The molecule has 0 aromatic carbocycles. The van der Waals surface area contributed by atoms with E-state index >= 15 is 0 Å². The first-order valence-corrected chi connectivity index (χ1v) is 9.80. The molecule has 2 amide bonds. The maximum absolute atomic E-state index is 12.1. The highest BCUT2D eigenvalue weighted by molar-refractivity contribution is 7.09. The summed E-state index contributed by atoms with van der Waals surface area (Å²) < 4.78 is 5.38. The first-order chi connectivity index (χ1) is 12.2. The highest BCUT2D eigenvalue weighted by Gasteiger charge is 2.15. The minimum absolute atomic E-state index is 0. The standard InChI is InChI=1S/C19H26N2O3S.H2/c1-2-18(22)21(15-17-11-8-14-25-17)13-12-20-19(23)24-16-9-6-4-3-5-7-10-16;/h8,11,14,16H,2-6,9,12-13,15H2,1H3,(H,20,23);1H. The lowest BCUT2D eigenvalue weighted by Gasteiger charge is -2.22. The smallest absolute Gasteiger partial charge is 0.408 e. The van der Waals surface area contributed by atoms with Crippen molar-refractivity contribution in [2.75, 3.05) is 13.1 Å². The van der Waals surface area contributed by atoms with Crippen molar-refractivity contribution in [2.45, 2.75) is 58.1 Å². The number of hydrogen-bond donors (Lipinski definition) is 1. The first kappa shape index (κ1) is 19.3. The summed E-state index contributed by atoms with van der Waals surface area (Å²) in [6.07, 6.45) is 4.63. The van der Waals surface area contributed by atoms with Crippen LogP contribution in [-0.4, -0.2) is 36.1 Å². The van der Waals surface area contributed by atoms with Crippen molar-refractivity contribution in [3.05, 3.63) is 22.4 Å². The van der Waals surface area contributed by atoms with Gasteiger partial charge in [0.05, 0.1) is 6.54 Å². The van der Waals surface area contributed by atoms with Gasteiger partial charge in [0.25, 0.3) is 0 Å². The molecule has 0 saturated carbocycles. The average molecular weight is 365 g/mol. The van der Waals surface area contributed by atoms with E-state index in [9.17, 15) is 9.59 Å². The zero-order valence-corrected chi connectivity index (χ0v) is 15.6. The Bertz CT molecular complexity index is 610. The normalized spacial score (nSPS) is 16.8. The summed E-state index contributed by atoms with van der Waals surface area (Å²) in [6.45, 7) is 3.26. The predicted octanol–water partition coefficient (Wildman–Crippen LogP) is 3.80. The molecule has 0 spiro atoms. The molecule has 1 aromatic heterocycles. The maximum atomic E-state index is 12.1. The van der Waals surface area contributed by atoms with E-state index < -0.39 is 6.09 Å². The molecule has 1 aliphatic rings. The quantitative estimate of drug-likeness (QED) is 0.749. The van der Waals surface area contributed by atoms with Crippen molar-refractivity contribution in [2.24, 2.45) is 0 Å². The van der Waals surface area contributed by atoms with E-state index in [4.69, 9.17) is 4.74 Å². The zero-order chi connectivity index (χ0) is 17.9. The van der Waals surface area contributed by atoms with E-state index in [0.717, 1.165) is 37.0 Å². The molecular weight excluding hydrogens is 336 g/mol. The van der Waals surface area contributed by atoms with Crippen LogP contribution in [0.5, 0.6) is 0 Å². The second kappa shape index (κ2) is 10.8. The van der Waals surface area contributed by atoms with Crippen molar-refractivity contribution in [3.63, 3.8) is 0 Å². The molecule has 0 fully saturated rings. The fourth-order valence-electron chi connectivity index (χ4n) is 2.64. The number of carbonyl (C=O) groups is 2. The van der Waals surface area contributed by atoms with Crippen molar-refractivity contribution in [1.29, 1.82) is 0 Å². The molecule has 1 heterocycles. The molecule has 25 heavy (non-hydrogen) atoms. The Kier molecular flexibility index (Phi) is 8.33. The number of amides is 2. The van der Waals surface area contributed by atoms with E-state index in [1.54, 1.807) is 16.2 Å². The molecule has 2 rings (SSSR count). The fraction of sp³-hybridized carbons (Fsp3) is 0.579. The van der Waals surface area contributed by atoms with E-state index in [2.05, 4.69) is 17.2 Å². The maximum Gasteiger partial charge on any atom is 0.408 e. The third-order valence-electron chi connectivity index (χ3n) is 4.01. The second-order valence-corrected chi connectivity index (χ2v) is 7.02. The highest BCUT2D eigenvalue weighted by Crippen LogP contribution is 2.13. The third-order valence-corrected chi connectivity index (χ3v) is 4.87. The number of nitrogens with one attached hydrogen (secondary N) is 1. The minimum atomic E-state index is -0.458. The summed E-state index contributed by atoms with van der Waals surface area (Å²) in [5, 5.41) is 4.73. The number of hydrogen-bond acceptors (Lipinski definition) is 4. The number of ether oxygens (including phenoxy) is 1. The van der Waals surface area contributed by atoms with Crippen LogP contribution in [0.4, 0.5) is 4.79 Å². The SMILES string of the molecule is CCC(=O)N(CCNC(=O)OC1C#CCCCCC1)Cc1cccs1.[HH]. The average Bonchev–Trinajstić information content (AvgIpc) is 3.08. The van der Waals surface area contributed by atoms with Crippen LogP contribution in [0.2, 0.25) is 0 Å². The third kappa shape index (κ3) is 7.18. The first-order valence-electron chi connectivity index (χ1n) is 8.92. The molecule has 0 bridgehead atoms. The van der Waals surface area contributed by atoms with Gasteiger partial charge in [-0.3, -0.25) is 4.79 Å². The van der Waals surface area contributed by atoms with Crippen LogP contribution in [0.25, 0.3) is 0 Å². The summed E-state index contributed by atoms with van der Waals surface area (Å²) in [5.74, 6) is 6.15.